The van der Waals surface area contributed by atoms with E-state index in [0.717, 1.165) is 5.56 Å². The van der Waals surface area contributed by atoms with Gasteiger partial charge in [0.25, 0.3) is 0 Å². The van der Waals surface area contributed by atoms with E-state index in [-0.39, 0.29) is 65.6 Å². The molecule has 13 nitrogen and oxygen atoms in total. The van der Waals surface area contributed by atoms with Crippen LogP contribution >= 0.6 is 0 Å². The molecule has 0 amide bonds. The third-order valence-electron chi connectivity index (χ3n) is 7.38. The maximum atomic E-state index is 12.7. The molecule has 0 spiro atoms. The smallest absolute Gasteiger partial charge is 0.346 e. The fourth-order valence-electron chi connectivity index (χ4n) is 4.84. The van der Waals surface area contributed by atoms with Crippen LogP contribution in [0.15, 0.2) is 91.0 Å². The predicted octanol–water partition coefficient (Wildman–Crippen LogP) is 4.68. The molecule has 0 N–H and O–H groups in total. The molecule has 13 heteroatoms. The van der Waals surface area contributed by atoms with Gasteiger partial charge in [-0.1, -0.05) is 18.2 Å². The summed E-state index contributed by atoms with van der Waals surface area (Å²) >= 11 is 0. The topological polar surface area (TPSA) is 175 Å². The first kappa shape index (κ1) is 33.0. The zero-order valence-electron chi connectivity index (χ0n) is 25.9. The summed E-state index contributed by atoms with van der Waals surface area (Å²) in [5, 5.41) is 0. The lowest BCUT2D eigenvalue weighted by atomic mass is 10.1. The fraction of sp³-hybridized carbons (Fsp3) is 0.108. The van der Waals surface area contributed by atoms with Gasteiger partial charge in [-0.05, 0) is 84.4 Å². The minimum atomic E-state index is -0.815. The molecular formula is C37H24O13. The number of ketones is 1. The second kappa shape index (κ2) is 14.5. The summed E-state index contributed by atoms with van der Waals surface area (Å²) in [5.41, 5.74) is 1.59. The van der Waals surface area contributed by atoms with E-state index in [4.69, 9.17) is 18.9 Å². The van der Waals surface area contributed by atoms with Crippen LogP contribution in [0.5, 0.6) is 11.5 Å². The Morgan fingerprint density at radius 1 is 0.500 bits per heavy atom. The van der Waals surface area contributed by atoms with Gasteiger partial charge in [-0.25, -0.2) is 28.8 Å². The van der Waals surface area contributed by atoms with Crippen molar-refractivity contribution in [3.8, 4) is 11.5 Å². The first-order chi connectivity index (χ1) is 24.2. The van der Waals surface area contributed by atoms with Crippen molar-refractivity contribution in [1.82, 2.24) is 0 Å². The van der Waals surface area contributed by atoms with E-state index in [2.05, 4.69) is 9.47 Å². The lowest BCUT2D eigenvalue weighted by Crippen LogP contribution is -2.13. The molecule has 0 aliphatic carbocycles. The van der Waals surface area contributed by atoms with Gasteiger partial charge in [-0.3, -0.25) is 4.79 Å². The Morgan fingerprint density at radius 2 is 0.920 bits per heavy atom. The molecule has 6 rings (SSSR count). The van der Waals surface area contributed by atoms with Gasteiger partial charge in [0.05, 0.1) is 33.4 Å². The Morgan fingerprint density at radius 3 is 1.40 bits per heavy atom. The van der Waals surface area contributed by atoms with Crippen molar-refractivity contribution in [1.29, 1.82) is 0 Å². The largest absolute Gasteiger partial charge is 0.490 e. The van der Waals surface area contributed by atoms with Crippen LogP contribution in [-0.4, -0.2) is 68.0 Å². The SMILES string of the molecule is O=C(/C=C/c1ccc(OCCOC(=O)c2ccc3c(c2)C(=O)OC3=O)cc1)c1ccc(OCCOC(=O)c2ccc3c(c2)C(=O)OC3=O)cc1. The van der Waals surface area contributed by atoms with Gasteiger partial charge in [0.15, 0.2) is 5.78 Å². The molecule has 0 fully saturated rings. The number of hydrogen-bond donors (Lipinski definition) is 0. The molecule has 4 aromatic rings. The van der Waals surface area contributed by atoms with Crippen LogP contribution in [0.25, 0.3) is 6.08 Å². The van der Waals surface area contributed by atoms with Crippen molar-refractivity contribution in [2.75, 3.05) is 26.4 Å². The Bertz CT molecular complexity index is 2080. The van der Waals surface area contributed by atoms with Crippen molar-refractivity contribution in [3.05, 3.63) is 136 Å². The van der Waals surface area contributed by atoms with E-state index in [9.17, 15) is 33.6 Å². The molecule has 4 aromatic carbocycles. The van der Waals surface area contributed by atoms with E-state index in [1.807, 2.05) is 0 Å². The van der Waals surface area contributed by atoms with Crippen LogP contribution in [-0.2, 0) is 18.9 Å². The minimum Gasteiger partial charge on any atom is -0.490 e. The van der Waals surface area contributed by atoms with Gasteiger partial charge < -0.3 is 28.4 Å². The first-order valence-corrected chi connectivity index (χ1v) is 15.0. The van der Waals surface area contributed by atoms with Gasteiger partial charge in [-0.2, -0.15) is 0 Å². The molecule has 0 bridgehead atoms. The van der Waals surface area contributed by atoms with Crippen LogP contribution in [0.4, 0.5) is 0 Å². The lowest BCUT2D eigenvalue weighted by Gasteiger charge is -2.08. The molecular weight excluding hydrogens is 652 g/mol. The van der Waals surface area contributed by atoms with E-state index in [0.29, 0.717) is 17.1 Å². The van der Waals surface area contributed by atoms with Crippen molar-refractivity contribution >= 4 is 47.7 Å². The third-order valence-corrected chi connectivity index (χ3v) is 7.38. The summed E-state index contributed by atoms with van der Waals surface area (Å²) in [6, 6.07) is 21.2. The van der Waals surface area contributed by atoms with Crippen LogP contribution < -0.4 is 9.47 Å². The van der Waals surface area contributed by atoms with Crippen molar-refractivity contribution in [3.63, 3.8) is 0 Å². The first-order valence-electron chi connectivity index (χ1n) is 15.0. The normalized spacial score (nSPS) is 13.0. The lowest BCUT2D eigenvalue weighted by molar-refractivity contribution is 0.0424. The van der Waals surface area contributed by atoms with Crippen LogP contribution in [0.1, 0.15) is 78.1 Å². The summed E-state index contributed by atoms with van der Waals surface area (Å²) in [5.74, 6) is -3.78. The number of fused-ring (bicyclic) bond motifs is 2. The van der Waals surface area contributed by atoms with Crippen molar-refractivity contribution in [2.45, 2.75) is 0 Å². The Labute approximate surface area is 282 Å². The standard InChI is InChI=1S/C37H24O13/c38-31(22-4-10-26(11-5-22)46-16-18-48-33(40)24-7-13-28-30(20-24)37(44)50-35(28)42)14-3-21-1-8-25(9-2-21)45-15-17-47-32(39)23-6-12-27-29(19-23)36(43)49-34(27)41/h1-14,19-20H,15-18H2/b14-3+. The summed E-state index contributed by atoms with van der Waals surface area (Å²) in [4.78, 5) is 83.7. The van der Waals surface area contributed by atoms with Crippen molar-refractivity contribution in [2.24, 2.45) is 0 Å². The highest BCUT2D eigenvalue weighted by molar-refractivity contribution is 6.16. The molecule has 2 aliphatic rings. The third kappa shape index (κ3) is 7.47. The summed E-state index contributed by atoms with van der Waals surface area (Å²) in [6.45, 7) is -0.0448. The zero-order valence-corrected chi connectivity index (χ0v) is 25.9. The molecule has 50 heavy (non-hydrogen) atoms. The highest BCUT2D eigenvalue weighted by atomic mass is 16.6. The van der Waals surface area contributed by atoms with Crippen LogP contribution in [0.3, 0.4) is 0 Å². The maximum absolute atomic E-state index is 12.7. The second-order valence-corrected chi connectivity index (χ2v) is 10.6. The van der Waals surface area contributed by atoms with E-state index >= 15 is 0 Å². The maximum Gasteiger partial charge on any atom is 0.346 e. The second-order valence-electron chi connectivity index (χ2n) is 10.6. The van der Waals surface area contributed by atoms with Crippen LogP contribution in [0.2, 0.25) is 0 Å². The molecule has 2 heterocycles. The van der Waals surface area contributed by atoms with Gasteiger partial charge in [-0.15, -0.1) is 0 Å². The predicted molar refractivity (Wildman–Crippen MR) is 170 cm³/mol. The summed E-state index contributed by atoms with van der Waals surface area (Å²) in [7, 11) is 0. The Kier molecular flexibility index (Phi) is 9.56. The summed E-state index contributed by atoms with van der Waals surface area (Å²) in [6.07, 6.45) is 3.07. The quantitative estimate of drug-likeness (QED) is 0.0477. The molecule has 0 atom stereocenters. The van der Waals surface area contributed by atoms with E-state index in [1.54, 1.807) is 54.6 Å². The number of ether oxygens (including phenoxy) is 6. The molecule has 0 radical (unpaired) electrons. The van der Waals surface area contributed by atoms with Crippen molar-refractivity contribution < 1.29 is 62.0 Å². The number of hydrogen-bond acceptors (Lipinski definition) is 13. The van der Waals surface area contributed by atoms with Gasteiger partial charge in [0.2, 0.25) is 0 Å². The monoisotopic (exact) mass is 676 g/mol. The minimum absolute atomic E-state index is 0.00987. The van der Waals surface area contributed by atoms with Gasteiger partial charge in [0.1, 0.15) is 37.9 Å². The highest BCUT2D eigenvalue weighted by Crippen LogP contribution is 2.23. The van der Waals surface area contributed by atoms with E-state index < -0.39 is 35.8 Å². The number of cyclic esters (lactones) is 4. The Hall–Kier alpha value is -6.89. The number of allylic oxidation sites excluding steroid dienone is 1. The van der Waals surface area contributed by atoms with Gasteiger partial charge >= 0.3 is 35.8 Å². The number of carbonyl (C=O) groups is 7. The zero-order chi connectivity index (χ0) is 35.2. The average Bonchev–Trinajstić information content (AvgIpc) is 3.59. The Balaban J connectivity index is 0.895. The fourth-order valence-corrected chi connectivity index (χ4v) is 4.84. The molecule has 2 aliphatic heterocycles. The van der Waals surface area contributed by atoms with Gasteiger partial charge in [0, 0.05) is 5.56 Å². The van der Waals surface area contributed by atoms with E-state index in [1.165, 1.54) is 42.5 Å². The molecule has 250 valence electrons. The molecule has 0 aromatic heterocycles. The number of esters is 6. The summed E-state index contributed by atoms with van der Waals surface area (Å²) < 4.78 is 30.5. The number of rotatable bonds is 13. The molecule has 0 unspecified atom stereocenters. The number of benzene rings is 4. The van der Waals surface area contributed by atoms with Crippen LogP contribution in [0, 0.1) is 0 Å². The molecule has 0 saturated heterocycles. The molecule has 0 saturated carbocycles. The highest BCUT2D eigenvalue weighted by Gasteiger charge is 2.31. The number of carbonyl (C=O) groups excluding carboxylic acids is 7. The average molecular weight is 677 g/mol.